The zero-order valence-corrected chi connectivity index (χ0v) is 17.3. The molecule has 164 valence electrons. The van der Waals surface area contributed by atoms with Gasteiger partial charge in [0.1, 0.15) is 12.1 Å². The fourth-order valence-corrected chi connectivity index (χ4v) is 3.22. The van der Waals surface area contributed by atoms with Gasteiger partial charge in [0.25, 0.3) is 11.8 Å². The standard InChI is InChI=1S/C20H23FN6O4/c1-12(2)18-14(10-27-17(18)9-22-11-23-27)20(30)26(6-7-28)24-16-8-13(4-5-15(16)21)19(29)25-31-3/h4-5,8-12,24,28H,6-7H2,1-3H3,(H,25,29). The van der Waals surface area contributed by atoms with Crippen molar-refractivity contribution in [3.8, 4) is 0 Å². The van der Waals surface area contributed by atoms with Crippen LogP contribution in [0.2, 0.25) is 0 Å². The Bertz CT molecular complexity index is 1100. The Kier molecular flexibility index (Phi) is 6.78. The molecule has 0 aliphatic rings. The number of nitrogens with one attached hydrogen (secondary N) is 2. The fraction of sp³-hybridized carbons (Fsp3) is 0.300. The van der Waals surface area contributed by atoms with Crippen molar-refractivity contribution in [2.24, 2.45) is 0 Å². The number of carbonyl (C=O) groups is 2. The highest BCUT2D eigenvalue weighted by Crippen LogP contribution is 2.27. The smallest absolute Gasteiger partial charge is 0.274 e. The molecule has 0 bridgehead atoms. The van der Waals surface area contributed by atoms with Crippen molar-refractivity contribution in [3.05, 3.63) is 59.4 Å². The van der Waals surface area contributed by atoms with Crippen LogP contribution in [0.25, 0.3) is 5.52 Å². The first-order valence-corrected chi connectivity index (χ1v) is 9.50. The molecule has 2 heterocycles. The van der Waals surface area contributed by atoms with Gasteiger partial charge in [-0.05, 0) is 29.7 Å². The molecule has 0 aliphatic heterocycles. The molecule has 3 N–H and O–H groups in total. The molecule has 11 heteroatoms. The van der Waals surface area contributed by atoms with E-state index >= 15 is 0 Å². The molecule has 31 heavy (non-hydrogen) atoms. The molecule has 10 nitrogen and oxygen atoms in total. The van der Waals surface area contributed by atoms with Crippen molar-refractivity contribution in [2.75, 3.05) is 25.7 Å². The van der Waals surface area contributed by atoms with Crippen molar-refractivity contribution in [3.63, 3.8) is 0 Å². The van der Waals surface area contributed by atoms with Crippen LogP contribution in [0, 0.1) is 5.82 Å². The van der Waals surface area contributed by atoms with Gasteiger partial charge in [0.05, 0.1) is 43.2 Å². The molecule has 0 radical (unpaired) electrons. The molecule has 0 atom stereocenters. The van der Waals surface area contributed by atoms with Gasteiger partial charge in [-0.1, -0.05) is 13.8 Å². The van der Waals surface area contributed by atoms with Gasteiger partial charge in [-0.15, -0.1) is 0 Å². The third-order valence-corrected chi connectivity index (χ3v) is 4.56. The second kappa shape index (κ2) is 9.49. The highest BCUT2D eigenvalue weighted by atomic mass is 19.1. The maximum Gasteiger partial charge on any atom is 0.274 e. The minimum atomic E-state index is -0.679. The summed E-state index contributed by atoms with van der Waals surface area (Å²) in [6.45, 7) is 3.37. The van der Waals surface area contributed by atoms with Crippen molar-refractivity contribution < 1.29 is 23.9 Å². The first-order chi connectivity index (χ1) is 14.9. The third-order valence-electron chi connectivity index (χ3n) is 4.56. The average Bonchev–Trinajstić information content (AvgIpc) is 3.14. The molecule has 2 aromatic heterocycles. The molecule has 0 unspecified atom stereocenters. The summed E-state index contributed by atoms with van der Waals surface area (Å²) in [5, 5.41) is 14.7. The second-order valence-corrected chi connectivity index (χ2v) is 6.97. The van der Waals surface area contributed by atoms with Crippen LogP contribution >= 0.6 is 0 Å². The summed E-state index contributed by atoms with van der Waals surface area (Å²) in [6, 6.07) is 3.62. The van der Waals surface area contributed by atoms with Gasteiger partial charge < -0.3 is 5.11 Å². The maximum absolute atomic E-state index is 14.4. The lowest BCUT2D eigenvalue weighted by molar-refractivity contribution is 0.0537. The molecule has 0 fully saturated rings. The Morgan fingerprint density at radius 3 is 2.81 bits per heavy atom. The van der Waals surface area contributed by atoms with E-state index in [1.54, 1.807) is 16.9 Å². The van der Waals surface area contributed by atoms with Crippen molar-refractivity contribution >= 4 is 23.0 Å². The summed E-state index contributed by atoms with van der Waals surface area (Å²) in [4.78, 5) is 33.9. The Labute approximate surface area is 177 Å². The minimum absolute atomic E-state index is 0.0243. The van der Waals surface area contributed by atoms with E-state index in [-0.39, 0.29) is 30.3 Å². The highest BCUT2D eigenvalue weighted by Gasteiger charge is 2.25. The van der Waals surface area contributed by atoms with Crippen LogP contribution in [-0.2, 0) is 4.84 Å². The van der Waals surface area contributed by atoms with Gasteiger partial charge >= 0.3 is 0 Å². The maximum atomic E-state index is 14.4. The van der Waals surface area contributed by atoms with E-state index in [1.807, 2.05) is 13.8 Å². The Balaban J connectivity index is 1.98. The van der Waals surface area contributed by atoms with Gasteiger partial charge in [0, 0.05) is 11.8 Å². The van der Waals surface area contributed by atoms with E-state index in [1.165, 1.54) is 25.6 Å². The number of hydrazine groups is 1. The number of aliphatic hydroxyl groups is 1. The number of hydrogen-bond acceptors (Lipinski definition) is 7. The first-order valence-electron chi connectivity index (χ1n) is 9.50. The van der Waals surface area contributed by atoms with Gasteiger partial charge in [0.15, 0.2) is 0 Å². The summed E-state index contributed by atoms with van der Waals surface area (Å²) in [7, 11) is 1.28. The molecular formula is C20H23FN6O4. The molecule has 0 aliphatic carbocycles. The molecule has 3 rings (SSSR count). The van der Waals surface area contributed by atoms with Crippen LogP contribution in [0.1, 0.15) is 46.0 Å². The largest absolute Gasteiger partial charge is 0.394 e. The van der Waals surface area contributed by atoms with Crippen LogP contribution in [0.4, 0.5) is 10.1 Å². The summed E-state index contributed by atoms with van der Waals surface area (Å²) in [5.74, 6) is -1.77. The van der Waals surface area contributed by atoms with E-state index in [0.717, 1.165) is 16.6 Å². The van der Waals surface area contributed by atoms with Crippen LogP contribution in [-0.4, -0.2) is 56.8 Å². The predicted octanol–water partition coefficient (Wildman–Crippen LogP) is 1.74. The van der Waals surface area contributed by atoms with Crippen molar-refractivity contribution in [1.82, 2.24) is 25.1 Å². The Hall–Kier alpha value is -3.57. The van der Waals surface area contributed by atoms with E-state index in [4.69, 9.17) is 0 Å². The topological polar surface area (TPSA) is 121 Å². The summed E-state index contributed by atoms with van der Waals surface area (Å²) in [6.07, 6.45) is 4.54. The summed E-state index contributed by atoms with van der Waals surface area (Å²) < 4.78 is 16.0. The van der Waals surface area contributed by atoms with E-state index < -0.39 is 17.6 Å². The second-order valence-electron chi connectivity index (χ2n) is 6.97. The highest BCUT2D eigenvalue weighted by molar-refractivity contribution is 5.99. The summed E-state index contributed by atoms with van der Waals surface area (Å²) in [5.41, 5.74) is 6.57. The number of carbonyl (C=O) groups excluding carboxylic acids is 2. The molecule has 1 aromatic carbocycles. The van der Waals surface area contributed by atoms with Gasteiger partial charge in [0.2, 0.25) is 0 Å². The number of nitrogens with zero attached hydrogens (tertiary/aromatic N) is 4. The zero-order chi connectivity index (χ0) is 22.5. The van der Waals surface area contributed by atoms with E-state index in [0.29, 0.717) is 11.1 Å². The van der Waals surface area contributed by atoms with Gasteiger partial charge in [-0.2, -0.15) is 5.10 Å². The monoisotopic (exact) mass is 430 g/mol. The first kappa shape index (κ1) is 22.1. The number of aliphatic hydroxyl groups excluding tert-OH is 1. The van der Waals surface area contributed by atoms with Crippen LogP contribution in [0.15, 0.2) is 36.9 Å². The van der Waals surface area contributed by atoms with E-state index in [2.05, 4.69) is 25.8 Å². The van der Waals surface area contributed by atoms with Crippen LogP contribution in [0.3, 0.4) is 0 Å². The molecule has 3 aromatic rings. The third kappa shape index (κ3) is 4.62. The normalized spacial score (nSPS) is 11.0. The number of hydroxylamine groups is 1. The van der Waals surface area contributed by atoms with Gasteiger partial charge in [-0.25, -0.2) is 24.4 Å². The quantitative estimate of drug-likeness (QED) is 0.466. The molecule has 0 saturated heterocycles. The number of amides is 2. The zero-order valence-electron chi connectivity index (χ0n) is 17.3. The number of fused-ring (bicyclic) bond motifs is 1. The molecule has 0 saturated carbocycles. The lowest BCUT2D eigenvalue weighted by Gasteiger charge is -2.24. The molecule has 2 amide bonds. The number of anilines is 1. The molecule has 0 spiro atoms. The van der Waals surface area contributed by atoms with Gasteiger partial charge in [-0.3, -0.25) is 19.9 Å². The number of rotatable bonds is 8. The predicted molar refractivity (Wildman–Crippen MR) is 110 cm³/mol. The lowest BCUT2D eigenvalue weighted by atomic mass is 10.00. The number of hydrogen-bond donors (Lipinski definition) is 3. The van der Waals surface area contributed by atoms with Crippen molar-refractivity contribution in [1.29, 1.82) is 0 Å². The van der Waals surface area contributed by atoms with Crippen LogP contribution in [0.5, 0.6) is 0 Å². The number of benzene rings is 1. The lowest BCUT2D eigenvalue weighted by Crippen LogP contribution is -2.39. The SMILES string of the molecule is CONC(=O)c1ccc(F)c(NN(CCO)C(=O)c2cn3ncncc3c2C(C)C)c1. The number of halogens is 1. The Morgan fingerprint density at radius 1 is 1.35 bits per heavy atom. The van der Waals surface area contributed by atoms with Crippen LogP contribution < -0.4 is 10.9 Å². The fourth-order valence-electron chi connectivity index (χ4n) is 3.22. The Morgan fingerprint density at radius 2 is 2.13 bits per heavy atom. The number of aromatic nitrogens is 3. The summed E-state index contributed by atoms with van der Waals surface area (Å²) >= 11 is 0. The minimum Gasteiger partial charge on any atom is -0.394 e. The molecular weight excluding hydrogens is 407 g/mol. The average molecular weight is 430 g/mol. The van der Waals surface area contributed by atoms with Crippen molar-refractivity contribution in [2.45, 2.75) is 19.8 Å². The van der Waals surface area contributed by atoms with E-state index in [9.17, 15) is 19.1 Å².